The summed E-state index contributed by atoms with van der Waals surface area (Å²) in [6, 6.07) is 0.0984. The van der Waals surface area contributed by atoms with Gasteiger partial charge in [-0.15, -0.1) is 0 Å². The smallest absolute Gasteiger partial charge is 0.303 e. The average Bonchev–Trinajstić information content (AvgIpc) is 2.00. The van der Waals surface area contributed by atoms with Crippen molar-refractivity contribution in [1.29, 1.82) is 0 Å². The number of nitrogens with one attached hydrogen (secondary N) is 1. The molecule has 0 saturated carbocycles. The van der Waals surface area contributed by atoms with Gasteiger partial charge in [-0.25, -0.2) is 0 Å². The molecule has 0 heterocycles. The number of carboxylic acids is 1. The molecule has 0 aromatic rings. The summed E-state index contributed by atoms with van der Waals surface area (Å²) in [6.07, 6.45) is -0.0386. The number of carboxylic acid groups (broad SMARTS) is 1. The molecule has 4 nitrogen and oxygen atoms in total. The lowest BCUT2D eigenvalue weighted by Crippen LogP contribution is -2.36. The van der Waals surface area contributed by atoms with E-state index in [4.69, 9.17) is 5.11 Å². The van der Waals surface area contributed by atoms with Crippen LogP contribution < -0.4 is 5.32 Å². The molecule has 2 N–H and O–H groups in total. The number of rotatable bonds is 5. The van der Waals surface area contributed by atoms with Crippen LogP contribution in [0.25, 0.3) is 0 Å². The van der Waals surface area contributed by atoms with Crippen LogP contribution >= 0.6 is 0 Å². The second-order valence-electron chi connectivity index (χ2n) is 3.49. The molecule has 0 fully saturated rings. The minimum atomic E-state index is -0.938. The third-order valence-electron chi connectivity index (χ3n) is 1.95. The van der Waals surface area contributed by atoms with Gasteiger partial charge in [0.15, 0.2) is 0 Å². The molecule has 0 saturated heterocycles. The molecule has 0 spiro atoms. The molecule has 0 rings (SSSR count). The fourth-order valence-corrected chi connectivity index (χ4v) is 0.713. The molecule has 0 aliphatic rings. The van der Waals surface area contributed by atoms with Gasteiger partial charge in [-0.1, -0.05) is 13.8 Å². The van der Waals surface area contributed by atoms with Crippen LogP contribution in [-0.4, -0.2) is 23.0 Å². The Morgan fingerprint density at radius 2 is 1.77 bits per heavy atom. The zero-order valence-electron chi connectivity index (χ0n) is 8.33. The Kier molecular flexibility index (Phi) is 5.11. The van der Waals surface area contributed by atoms with Crippen molar-refractivity contribution in [2.45, 2.75) is 39.7 Å². The maximum Gasteiger partial charge on any atom is 0.303 e. The second kappa shape index (κ2) is 5.56. The van der Waals surface area contributed by atoms with Gasteiger partial charge < -0.3 is 10.4 Å². The van der Waals surface area contributed by atoms with E-state index >= 15 is 0 Å². The Hall–Kier alpha value is -1.06. The van der Waals surface area contributed by atoms with E-state index in [1.165, 1.54) is 0 Å². The lowest BCUT2D eigenvalue weighted by Gasteiger charge is -2.16. The highest BCUT2D eigenvalue weighted by molar-refractivity contribution is 5.80. The number of hydrogen-bond acceptors (Lipinski definition) is 2. The van der Waals surface area contributed by atoms with Crippen molar-refractivity contribution < 1.29 is 14.7 Å². The molecule has 0 bridgehead atoms. The summed E-state index contributed by atoms with van der Waals surface area (Å²) in [5.74, 6) is -0.760. The predicted molar refractivity (Wildman–Crippen MR) is 49.3 cm³/mol. The topological polar surface area (TPSA) is 66.4 Å². The number of aliphatic carboxylic acids is 1. The maximum absolute atomic E-state index is 11.1. The van der Waals surface area contributed by atoms with Gasteiger partial charge in [-0.3, -0.25) is 9.59 Å². The van der Waals surface area contributed by atoms with Crippen LogP contribution in [0.4, 0.5) is 0 Å². The minimum absolute atomic E-state index is 0.0619. The fraction of sp³-hybridized carbons (Fsp3) is 0.778. The zero-order valence-corrected chi connectivity index (χ0v) is 8.33. The van der Waals surface area contributed by atoms with Crippen molar-refractivity contribution >= 4 is 11.9 Å². The van der Waals surface area contributed by atoms with E-state index in [0.29, 0.717) is 5.92 Å². The van der Waals surface area contributed by atoms with Gasteiger partial charge in [0.1, 0.15) is 0 Å². The molecule has 0 aliphatic carbocycles. The lowest BCUT2D eigenvalue weighted by molar-refractivity contribution is -0.138. The van der Waals surface area contributed by atoms with Crippen LogP contribution in [0.15, 0.2) is 0 Å². The van der Waals surface area contributed by atoms with Crippen molar-refractivity contribution in [2.24, 2.45) is 5.92 Å². The number of carbonyl (C=O) groups is 2. The molecule has 1 amide bonds. The van der Waals surface area contributed by atoms with Crippen molar-refractivity contribution in [2.75, 3.05) is 0 Å². The summed E-state index contributed by atoms with van der Waals surface area (Å²) in [5.41, 5.74) is 0. The van der Waals surface area contributed by atoms with Crippen LogP contribution in [0.5, 0.6) is 0 Å². The van der Waals surface area contributed by atoms with E-state index < -0.39 is 5.97 Å². The summed E-state index contributed by atoms with van der Waals surface area (Å²) in [6.45, 7) is 5.91. The first kappa shape index (κ1) is 11.9. The van der Waals surface area contributed by atoms with Gasteiger partial charge >= 0.3 is 5.97 Å². The Morgan fingerprint density at radius 3 is 2.15 bits per heavy atom. The monoisotopic (exact) mass is 187 g/mol. The first-order valence-corrected chi connectivity index (χ1v) is 4.44. The molecule has 0 unspecified atom stereocenters. The summed E-state index contributed by atoms with van der Waals surface area (Å²) < 4.78 is 0. The largest absolute Gasteiger partial charge is 0.481 e. The lowest BCUT2D eigenvalue weighted by atomic mass is 10.1. The Balaban J connectivity index is 3.68. The number of hydrogen-bond donors (Lipinski definition) is 2. The zero-order chi connectivity index (χ0) is 10.4. The first-order chi connectivity index (χ1) is 5.93. The minimum Gasteiger partial charge on any atom is -0.481 e. The van der Waals surface area contributed by atoms with Crippen LogP contribution in [-0.2, 0) is 9.59 Å². The van der Waals surface area contributed by atoms with E-state index in [9.17, 15) is 9.59 Å². The van der Waals surface area contributed by atoms with Crippen LogP contribution in [0.3, 0.4) is 0 Å². The second-order valence-corrected chi connectivity index (χ2v) is 3.49. The molecule has 0 aromatic carbocycles. The van der Waals surface area contributed by atoms with Crippen LogP contribution in [0.2, 0.25) is 0 Å². The number of carbonyl (C=O) groups excluding carboxylic acids is 1. The van der Waals surface area contributed by atoms with E-state index in [1.54, 1.807) is 0 Å². The van der Waals surface area contributed by atoms with Crippen molar-refractivity contribution in [3.63, 3.8) is 0 Å². The SMILES string of the molecule is CC(C)[C@@H](C)NC(=O)CCC(=O)O. The van der Waals surface area contributed by atoms with E-state index in [1.807, 2.05) is 20.8 Å². The highest BCUT2D eigenvalue weighted by atomic mass is 16.4. The summed E-state index contributed by atoms with van der Waals surface area (Å²) in [5, 5.41) is 11.1. The van der Waals surface area contributed by atoms with Crippen molar-refractivity contribution in [1.82, 2.24) is 5.32 Å². The van der Waals surface area contributed by atoms with E-state index in [2.05, 4.69) is 5.32 Å². The van der Waals surface area contributed by atoms with Crippen LogP contribution in [0, 0.1) is 5.92 Å². The molecular formula is C9H17NO3. The van der Waals surface area contributed by atoms with Crippen LogP contribution in [0.1, 0.15) is 33.6 Å². The molecule has 0 aromatic heterocycles. The third-order valence-corrected chi connectivity index (χ3v) is 1.95. The van der Waals surface area contributed by atoms with E-state index in [0.717, 1.165) is 0 Å². The van der Waals surface area contributed by atoms with Gasteiger partial charge in [0.25, 0.3) is 0 Å². The molecule has 0 radical (unpaired) electrons. The Bertz CT molecular complexity index is 189. The standard InChI is InChI=1S/C9H17NO3/c1-6(2)7(3)10-8(11)4-5-9(12)13/h6-7H,4-5H2,1-3H3,(H,10,11)(H,12,13)/t7-/m1/s1. The van der Waals surface area contributed by atoms with Gasteiger partial charge in [-0.05, 0) is 12.8 Å². The molecular weight excluding hydrogens is 170 g/mol. The molecule has 1 atom stereocenters. The summed E-state index contributed by atoms with van der Waals surface area (Å²) >= 11 is 0. The molecule has 4 heteroatoms. The van der Waals surface area contributed by atoms with Gasteiger partial charge in [0.2, 0.25) is 5.91 Å². The Labute approximate surface area is 78.3 Å². The highest BCUT2D eigenvalue weighted by Crippen LogP contribution is 2.00. The Morgan fingerprint density at radius 1 is 1.23 bits per heavy atom. The van der Waals surface area contributed by atoms with Crippen molar-refractivity contribution in [3.8, 4) is 0 Å². The molecule has 13 heavy (non-hydrogen) atoms. The highest BCUT2D eigenvalue weighted by Gasteiger charge is 2.11. The summed E-state index contributed by atoms with van der Waals surface area (Å²) in [4.78, 5) is 21.2. The quantitative estimate of drug-likeness (QED) is 0.675. The molecule has 0 aliphatic heterocycles. The van der Waals surface area contributed by atoms with Crippen molar-refractivity contribution in [3.05, 3.63) is 0 Å². The fourth-order valence-electron chi connectivity index (χ4n) is 0.713. The van der Waals surface area contributed by atoms with Gasteiger partial charge in [0, 0.05) is 12.5 Å². The third kappa shape index (κ3) is 6.13. The normalized spacial score (nSPS) is 12.6. The van der Waals surface area contributed by atoms with Gasteiger partial charge in [0.05, 0.1) is 6.42 Å². The van der Waals surface area contributed by atoms with E-state index in [-0.39, 0.29) is 24.8 Å². The molecule has 76 valence electrons. The maximum atomic E-state index is 11.1. The predicted octanol–water partition coefficient (Wildman–Crippen LogP) is 1.01. The first-order valence-electron chi connectivity index (χ1n) is 4.44. The van der Waals surface area contributed by atoms with Gasteiger partial charge in [-0.2, -0.15) is 0 Å². The average molecular weight is 187 g/mol. The number of amides is 1. The summed E-state index contributed by atoms with van der Waals surface area (Å²) in [7, 11) is 0.